The first-order valence-electron chi connectivity index (χ1n) is 4.26. The minimum absolute atomic E-state index is 0.158. The van der Waals surface area contributed by atoms with E-state index in [0.717, 1.165) is 19.9 Å². The van der Waals surface area contributed by atoms with Crippen molar-refractivity contribution in [3.63, 3.8) is 0 Å². The maximum atomic E-state index is 11.8. The molecular weight excluding hydrogens is 198 g/mol. The van der Waals surface area contributed by atoms with Crippen LogP contribution in [0.5, 0.6) is 0 Å². The molecule has 2 aromatic heterocycles. The number of aryl methyl sites for hydroxylation is 3. The zero-order valence-electron chi connectivity index (χ0n) is 8.29. The molecule has 0 aliphatic rings. The monoisotopic (exact) mass is 209 g/mol. The van der Waals surface area contributed by atoms with Crippen LogP contribution in [0.3, 0.4) is 0 Å². The third-order valence-corrected chi connectivity index (χ3v) is 3.51. The van der Waals surface area contributed by atoms with Gasteiger partial charge < -0.3 is 5.84 Å². The number of rotatable bonds is 0. The molecule has 0 fully saturated rings. The van der Waals surface area contributed by atoms with Gasteiger partial charge in [0.2, 0.25) is 0 Å². The molecule has 2 N–H and O–H groups in total. The Bertz CT molecular complexity index is 567. The number of hydrogen-bond donors (Lipinski definition) is 1. The van der Waals surface area contributed by atoms with Crippen LogP contribution in [0.4, 0.5) is 0 Å². The van der Waals surface area contributed by atoms with Crippen molar-refractivity contribution >= 4 is 21.6 Å². The third-order valence-electron chi connectivity index (χ3n) is 2.41. The van der Waals surface area contributed by atoms with Gasteiger partial charge in [-0.25, -0.2) is 9.66 Å². The summed E-state index contributed by atoms with van der Waals surface area (Å²) in [5.41, 5.74) is 0.830. The Labute approximate surface area is 85.0 Å². The molecule has 0 unspecified atom stereocenters. The molecule has 0 saturated heterocycles. The van der Waals surface area contributed by atoms with Gasteiger partial charge in [0.25, 0.3) is 5.56 Å². The first kappa shape index (κ1) is 9.21. The fourth-order valence-corrected chi connectivity index (χ4v) is 2.47. The summed E-state index contributed by atoms with van der Waals surface area (Å²) >= 11 is 1.54. The minimum atomic E-state index is -0.158. The van der Waals surface area contributed by atoms with Crippen molar-refractivity contribution < 1.29 is 0 Å². The van der Waals surface area contributed by atoms with Crippen molar-refractivity contribution in [1.29, 1.82) is 0 Å². The molecule has 5 heteroatoms. The van der Waals surface area contributed by atoms with Gasteiger partial charge in [0.15, 0.2) is 0 Å². The highest BCUT2D eigenvalue weighted by Gasteiger charge is 2.12. The molecule has 2 heterocycles. The Morgan fingerprint density at radius 3 is 2.64 bits per heavy atom. The molecule has 74 valence electrons. The average molecular weight is 209 g/mol. The molecule has 14 heavy (non-hydrogen) atoms. The van der Waals surface area contributed by atoms with Crippen LogP contribution < -0.4 is 11.4 Å². The van der Waals surface area contributed by atoms with E-state index in [1.165, 1.54) is 11.3 Å². The quantitative estimate of drug-likeness (QED) is 0.661. The lowest BCUT2D eigenvalue weighted by molar-refractivity contribution is 0.854. The predicted octanol–water partition coefficient (Wildman–Crippen LogP) is 1.10. The van der Waals surface area contributed by atoms with E-state index in [2.05, 4.69) is 4.98 Å². The van der Waals surface area contributed by atoms with Crippen LogP contribution in [0.25, 0.3) is 10.2 Å². The molecule has 0 aliphatic heterocycles. The summed E-state index contributed by atoms with van der Waals surface area (Å²) in [5.74, 6) is 6.12. The highest BCUT2D eigenvalue weighted by atomic mass is 32.1. The van der Waals surface area contributed by atoms with Crippen LogP contribution in [-0.4, -0.2) is 9.66 Å². The molecule has 2 rings (SSSR count). The minimum Gasteiger partial charge on any atom is -0.335 e. The molecule has 0 bridgehead atoms. The van der Waals surface area contributed by atoms with E-state index in [-0.39, 0.29) is 5.56 Å². The molecular formula is C9H11N3OS. The molecule has 0 spiro atoms. The van der Waals surface area contributed by atoms with Gasteiger partial charge >= 0.3 is 0 Å². The maximum absolute atomic E-state index is 11.8. The first-order valence-corrected chi connectivity index (χ1v) is 5.08. The first-order chi connectivity index (χ1) is 6.52. The smallest absolute Gasteiger partial charge is 0.280 e. The van der Waals surface area contributed by atoms with Crippen LogP contribution in [0.2, 0.25) is 0 Å². The van der Waals surface area contributed by atoms with Gasteiger partial charge in [0.05, 0.1) is 5.39 Å². The number of nitrogens with zero attached hydrogens (tertiary/aromatic N) is 2. The van der Waals surface area contributed by atoms with Crippen molar-refractivity contribution in [2.75, 3.05) is 5.84 Å². The van der Waals surface area contributed by atoms with Crippen molar-refractivity contribution in [3.05, 3.63) is 26.6 Å². The Morgan fingerprint density at radius 2 is 2.00 bits per heavy atom. The van der Waals surface area contributed by atoms with Gasteiger partial charge in [-0.3, -0.25) is 4.79 Å². The lowest BCUT2D eigenvalue weighted by Crippen LogP contribution is -2.30. The molecule has 0 aliphatic carbocycles. The van der Waals surface area contributed by atoms with Crippen molar-refractivity contribution in [2.45, 2.75) is 20.8 Å². The molecule has 0 radical (unpaired) electrons. The zero-order valence-corrected chi connectivity index (χ0v) is 9.10. The van der Waals surface area contributed by atoms with E-state index < -0.39 is 0 Å². The Balaban J connectivity index is 3.07. The van der Waals surface area contributed by atoms with E-state index in [9.17, 15) is 4.79 Å². The normalized spacial score (nSPS) is 11.1. The van der Waals surface area contributed by atoms with Crippen LogP contribution in [0.15, 0.2) is 4.79 Å². The van der Waals surface area contributed by atoms with Gasteiger partial charge in [-0.1, -0.05) is 0 Å². The van der Waals surface area contributed by atoms with E-state index in [0.29, 0.717) is 11.2 Å². The number of fused-ring (bicyclic) bond motifs is 1. The second-order valence-electron chi connectivity index (χ2n) is 3.30. The second kappa shape index (κ2) is 2.81. The average Bonchev–Trinajstić information content (AvgIpc) is 2.39. The summed E-state index contributed by atoms with van der Waals surface area (Å²) in [7, 11) is 0. The number of hydrogen-bond acceptors (Lipinski definition) is 4. The van der Waals surface area contributed by atoms with E-state index in [1.54, 1.807) is 6.92 Å². The Kier molecular flexibility index (Phi) is 1.85. The Hall–Kier alpha value is -1.36. The second-order valence-corrected chi connectivity index (χ2v) is 4.50. The number of nitrogens with two attached hydrogens (primary N) is 1. The highest BCUT2D eigenvalue weighted by molar-refractivity contribution is 7.18. The van der Waals surface area contributed by atoms with Gasteiger partial charge in [-0.15, -0.1) is 11.3 Å². The number of thiophene rings is 1. The summed E-state index contributed by atoms with van der Waals surface area (Å²) in [4.78, 5) is 18.0. The van der Waals surface area contributed by atoms with Gasteiger partial charge in [0, 0.05) is 4.88 Å². The molecule has 4 nitrogen and oxygen atoms in total. The molecule has 0 saturated carbocycles. The van der Waals surface area contributed by atoms with Gasteiger partial charge in [-0.2, -0.15) is 0 Å². The maximum Gasteiger partial charge on any atom is 0.280 e. The van der Waals surface area contributed by atoms with Crippen molar-refractivity contribution in [1.82, 2.24) is 9.66 Å². The third kappa shape index (κ3) is 1.05. The lowest BCUT2D eigenvalue weighted by atomic mass is 10.2. The summed E-state index contributed by atoms with van der Waals surface area (Å²) in [5, 5.41) is 0.653. The summed E-state index contributed by atoms with van der Waals surface area (Å²) < 4.78 is 1.10. The van der Waals surface area contributed by atoms with E-state index >= 15 is 0 Å². The summed E-state index contributed by atoms with van der Waals surface area (Å²) in [6, 6.07) is 0. The largest absolute Gasteiger partial charge is 0.335 e. The topological polar surface area (TPSA) is 60.9 Å². The lowest BCUT2D eigenvalue weighted by Gasteiger charge is -2.01. The van der Waals surface area contributed by atoms with Crippen LogP contribution in [0, 0.1) is 20.8 Å². The molecule has 2 aromatic rings. The fraction of sp³-hybridized carbons (Fsp3) is 0.333. The van der Waals surface area contributed by atoms with E-state index in [4.69, 9.17) is 5.84 Å². The predicted molar refractivity (Wildman–Crippen MR) is 58.2 cm³/mol. The standard InChI is InChI=1S/C9H11N3OS/c1-4-5(2)14-8-7(4)9(13)12(10)6(3)11-8/h10H2,1-3H3. The highest BCUT2D eigenvalue weighted by Crippen LogP contribution is 2.25. The fourth-order valence-electron chi connectivity index (χ4n) is 1.41. The van der Waals surface area contributed by atoms with Gasteiger partial charge in [-0.05, 0) is 26.3 Å². The Morgan fingerprint density at radius 1 is 1.36 bits per heavy atom. The van der Waals surface area contributed by atoms with E-state index in [1.807, 2.05) is 13.8 Å². The number of aromatic nitrogens is 2. The van der Waals surface area contributed by atoms with Gasteiger partial charge in [0.1, 0.15) is 10.7 Å². The summed E-state index contributed by atoms with van der Waals surface area (Å²) in [6.07, 6.45) is 0. The van der Waals surface area contributed by atoms with Crippen molar-refractivity contribution in [3.8, 4) is 0 Å². The molecule has 0 aromatic carbocycles. The SMILES string of the molecule is Cc1sc2nc(C)n(N)c(=O)c2c1C. The zero-order chi connectivity index (χ0) is 10.5. The van der Waals surface area contributed by atoms with Crippen LogP contribution >= 0.6 is 11.3 Å². The van der Waals surface area contributed by atoms with Crippen LogP contribution in [-0.2, 0) is 0 Å². The summed E-state index contributed by atoms with van der Waals surface area (Å²) in [6.45, 7) is 5.63. The van der Waals surface area contributed by atoms with Crippen LogP contribution in [0.1, 0.15) is 16.3 Å². The number of nitrogen functional groups attached to an aromatic ring is 1. The molecule has 0 amide bonds. The van der Waals surface area contributed by atoms with Crippen molar-refractivity contribution in [2.24, 2.45) is 0 Å². The molecule has 0 atom stereocenters.